The van der Waals surface area contributed by atoms with Crippen LogP contribution in [0.1, 0.15) is 36.5 Å². The highest BCUT2D eigenvalue weighted by Crippen LogP contribution is 2.39. The van der Waals surface area contributed by atoms with Gasteiger partial charge in [0.2, 0.25) is 5.91 Å². The average molecular weight is 617 g/mol. The number of thioether (sulfide) groups is 1. The van der Waals surface area contributed by atoms with Crippen molar-refractivity contribution in [1.82, 2.24) is 9.80 Å². The zero-order chi connectivity index (χ0) is 28.1. The van der Waals surface area contributed by atoms with Crippen LogP contribution < -0.4 is 14.8 Å². The van der Waals surface area contributed by atoms with E-state index in [0.29, 0.717) is 46.9 Å². The first-order valence-electron chi connectivity index (χ1n) is 12.7. The maximum absolute atomic E-state index is 12.9. The van der Waals surface area contributed by atoms with Gasteiger partial charge < -0.3 is 19.7 Å². The Balaban J connectivity index is 1.46. The Morgan fingerprint density at radius 1 is 1.10 bits per heavy atom. The van der Waals surface area contributed by atoms with Gasteiger partial charge in [-0.15, -0.1) is 0 Å². The fraction of sp³-hybridized carbons (Fsp3) is 0.357. The normalized spacial score (nSPS) is 16.3. The third-order valence-electron chi connectivity index (χ3n) is 6.26. The van der Waals surface area contributed by atoms with Crippen molar-refractivity contribution in [1.29, 1.82) is 0 Å². The van der Waals surface area contributed by atoms with Crippen molar-refractivity contribution in [3.05, 3.63) is 56.4 Å². The van der Waals surface area contributed by atoms with Crippen molar-refractivity contribution in [2.45, 2.75) is 33.6 Å². The standard InChI is InChI=1S/C28H30BrN3O6S/c1-4-37-22-13-19(14-23-27(35)32(28(36)39-23)15-25(34)31-9-5-6-10-31)12-20(29)26(22)38-16-24(33)30-21-8-7-17(2)11-18(21)3/h7-8,11-14H,4-6,9-10,15-16H2,1-3H3,(H,30,33)/b23-14-. The van der Waals surface area contributed by atoms with Crippen LogP contribution >= 0.6 is 27.7 Å². The number of rotatable bonds is 9. The summed E-state index contributed by atoms with van der Waals surface area (Å²) >= 11 is 4.27. The molecule has 0 saturated carbocycles. The molecule has 206 valence electrons. The molecule has 4 amide bonds. The molecule has 0 radical (unpaired) electrons. The monoisotopic (exact) mass is 615 g/mol. The number of anilines is 1. The number of nitrogens with one attached hydrogen (secondary N) is 1. The van der Waals surface area contributed by atoms with Crippen molar-refractivity contribution in [3.8, 4) is 11.5 Å². The number of benzene rings is 2. The summed E-state index contributed by atoms with van der Waals surface area (Å²) in [7, 11) is 0. The average Bonchev–Trinajstić information content (AvgIpc) is 3.51. The summed E-state index contributed by atoms with van der Waals surface area (Å²) in [5.41, 5.74) is 3.36. The van der Waals surface area contributed by atoms with E-state index in [2.05, 4.69) is 21.2 Å². The number of likely N-dealkylation sites (tertiary alicyclic amines) is 1. The molecule has 0 bridgehead atoms. The van der Waals surface area contributed by atoms with Gasteiger partial charge >= 0.3 is 0 Å². The first kappa shape index (κ1) is 28.7. The molecule has 0 atom stereocenters. The highest BCUT2D eigenvalue weighted by atomic mass is 79.9. The largest absolute Gasteiger partial charge is 0.490 e. The second-order valence-electron chi connectivity index (χ2n) is 9.27. The van der Waals surface area contributed by atoms with E-state index < -0.39 is 11.1 Å². The van der Waals surface area contributed by atoms with Crippen molar-refractivity contribution in [2.75, 3.05) is 38.2 Å². The summed E-state index contributed by atoms with van der Waals surface area (Å²) in [5.74, 6) is -0.331. The number of halogens is 1. The lowest BCUT2D eigenvalue weighted by molar-refractivity contribution is -0.135. The SMILES string of the molecule is CCOc1cc(/C=C2\SC(=O)N(CC(=O)N3CCCC3)C2=O)cc(Br)c1OCC(=O)Nc1ccc(C)cc1C. The quantitative estimate of drug-likeness (QED) is 0.389. The van der Waals surface area contributed by atoms with Gasteiger partial charge in [0.1, 0.15) is 6.54 Å². The molecule has 2 heterocycles. The van der Waals surface area contributed by atoms with E-state index in [1.807, 2.05) is 39.0 Å². The van der Waals surface area contributed by atoms with E-state index in [-0.39, 0.29) is 29.9 Å². The van der Waals surface area contributed by atoms with Crippen LogP contribution in [0, 0.1) is 13.8 Å². The number of hydrogen-bond donors (Lipinski definition) is 1. The lowest BCUT2D eigenvalue weighted by Gasteiger charge is -2.18. The Labute approximate surface area is 240 Å². The summed E-state index contributed by atoms with van der Waals surface area (Å²) in [6.07, 6.45) is 3.44. The third kappa shape index (κ3) is 7.02. The van der Waals surface area contributed by atoms with Crippen LogP contribution in [0.3, 0.4) is 0 Å². The molecule has 9 nitrogen and oxygen atoms in total. The molecule has 2 aliphatic heterocycles. The van der Waals surface area contributed by atoms with Gasteiger partial charge in [-0.25, -0.2) is 0 Å². The third-order valence-corrected chi connectivity index (χ3v) is 7.76. The predicted octanol–water partition coefficient (Wildman–Crippen LogP) is 5.14. The van der Waals surface area contributed by atoms with Gasteiger partial charge in [0.05, 0.1) is 16.0 Å². The maximum atomic E-state index is 12.9. The second-order valence-corrected chi connectivity index (χ2v) is 11.1. The summed E-state index contributed by atoms with van der Waals surface area (Å²) in [5, 5.41) is 2.37. The number of nitrogens with zero attached hydrogens (tertiary/aromatic N) is 2. The zero-order valence-electron chi connectivity index (χ0n) is 22.0. The Morgan fingerprint density at radius 2 is 1.85 bits per heavy atom. The van der Waals surface area contributed by atoms with Gasteiger partial charge in [0.15, 0.2) is 18.1 Å². The van der Waals surface area contributed by atoms with Crippen LogP contribution in [0.5, 0.6) is 11.5 Å². The highest BCUT2D eigenvalue weighted by molar-refractivity contribution is 9.10. The Bertz CT molecular complexity index is 1340. The molecule has 2 saturated heterocycles. The number of amides is 4. The lowest BCUT2D eigenvalue weighted by Crippen LogP contribution is -2.40. The number of aryl methyl sites for hydroxylation is 2. The molecule has 2 aliphatic rings. The van der Waals surface area contributed by atoms with Crippen LogP contribution in [0.4, 0.5) is 10.5 Å². The summed E-state index contributed by atoms with van der Waals surface area (Å²) in [6, 6.07) is 9.15. The highest BCUT2D eigenvalue weighted by Gasteiger charge is 2.37. The molecule has 39 heavy (non-hydrogen) atoms. The van der Waals surface area contributed by atoms with E-state index in [4.69, 9.17) is 9.47 Å². The fourth-order valence-corrected chi connectivity index (χ4v) is 5.75. The van der Waals surface area contributed by atoms with Crippen molar-refractivity contribution < 1.29 is 28.7 Å². The molecule has 2 aromatic rings. The van der Waals surface area contributed by atoms with Gasteiger partial charge in [-0.2, -0.15) is 0 Å². The molecule has 2 fully saturated rings. The predicted molar refractivity (Wildman–Crippen MR) is 154 cm³/mol. The van der Waals surface area contributed by atoms with Crippen molar-refractivity contribution in [2.24, 2.45) is 0 Å². The van der Waals surface area contributed by atoms with E-state index in [1.54, 1.807) is 23.1 Å². The molecule has 0 unspecified atom stereocenters. The molecule has 0 spiro atoms. The summed E-state index contributed by atoms with van der Waals surface area (Å²) in [4.78, 5) is 53.4. The minimum atomic E-state index is -0.505. The first-order valence-corrected chi connectivity index (χ1v) is 14.3. The number of carbonyl (C=O) groups excluding carboxylic acids is 4. The van der Waals surface area contributed by atoms with Gasteiger partial charge in [0.25, 0.3) is 17.1 Å². The maximum Gasteiger partial charge on any atom is 0.294 e. The minimum Gasteiger partial charge on any atom is -0.490 e. The number of imide groups is 1. The summed E-state index contributed by atoms with van der Waals surface area (Å²) < 4.78 is 12.1. The van der Waals surface area contributed by atoms with Gasteiger partial charge in [0, 0.05) is 18.8 Å². The number of hydrogen-bond acceptors (Lipinski definition) is 7. The number of ether oxygens (including phenoxy) is 2. The molecule has 11 heteroatoms. The van der Waals surface area contributed by atoms with Crippen LogP contribution in [0.25, 0.3) is 6.08 Å². The minimum absolute atomic E-state index is 0.213. The van der Waals surface area contributed by atoms with Crippen LogP contribution in [-0.2, 0) is 14.4 Å². The molecule has 1 N–H and O–H groups in total. The molecule has 0 aromatic heterocycles. The van der Waals surface area contributed by atoms with E-state index in [9.17, 15) is 19.2 Å². The summed E-state index contributed by atoms with van der Waals surface area (Å²) in [6.45, 7) is 6.88. The molecule has 4 rings (SSSR count). The fourth-order valence-electron chi connectivity index (χ4n) is 4.34. The molecule has 2 aromatic carbocycles. The lowest BCUT2D eigenvalue weighted by atomic mass is 10.1. The first-order chi connectivity index (χ1) is 18.7. The molecular formula is C28H30BrN3O6S. The Morgan fingerprint density at radius 3 is 2.54 bits per heavy atom. The topological polar surface area (TPSA) is 105 Å². The Hall–Kier alpha value is -3.31. The second kappa shape index (κ2) is 12.7. The van der Waals surface area contributed by atoms with Crippen LogP contribution in [0.2, 0.25) is 0 Å². The van der Waals surface area contributed by atoms with E-state index >= 15 is 0 Å². The van der Waals surface area contributed by atoms with Gasteiger partial charge in [-0.1, -0.05) is 17.7 Å². The van der Waals surface area contributed by atoms with E-state index in [1.165, 1.54) is 0 Å². The zero-order valence-corrected chi connectivity index (χ0v) is 24.4. The van der Waals surface area contributed by atoms with Crippen molar-refractivity contribution in [3.63, 3.8) is 0 Å². The Kier molecular flexibility index (Phi) is 9.34. The van der Waals surface area contributed by atoms with Crippen LogP contribution in [-0.4, -0.2) is 65.6 Å². The number of carbonyl (C=O) groups is 4. The van der Waals surface area contributed by atoms with E-state index in [0.717, 1.165) is 40.6 Å². The van der Waals surface area contributed by atoms with Crippen molar-refractivity contribution >= 4 is 62.4 Å². The molecule has 0 aliphatic carbocycles. The smallest absolute Gasteiger partial charge is 0.294 e. The van der Waals surface area contributed by atoms with Gasteiger partial charge in [-0.3, -0.25) is 24.1 Å². The van der Waals surface area contributed by atoms with Gasteiger partial charge in [-0.05, 0) is 96.7 Å². The van der Waals surface area contributed by atoms with Crippen LogP contribution in [0.15, 0.2) is 39.7 Å². The molecular weight excluding hydrogens is 586 g/mol.